The van der Waals surface area contributed by atoms with Crippen molar-refractivity contribution in [3.05, 3.63) is 51.6 Å². The van der Waals surface area contributed by atoms with Gasteiger partial charge in [-0.25, -0.2) is 14.8 Å². The van der Waals surface area contributed by atoms with E-state index < -0.39 is 5.97 Å². The van der Waals surface area contributed by atoms with E-state index in [1.807, 2.05) is 0 Å². The normalized spacial score (nSPS) is 10.7. The highest BCUT2D eigenvalue weighted by Gasteiger charge is 2.13. The molecule has 106 valence electrons. The standard InChI is InChI=1S/C12H8N4O4S/c17-9-4-7(15-12-16(9)14-6-21-12)5-20-8-2-1-3-13-10(8)11(18)19/h1-4,6H,5H2,(H,18,19). The smallest absolute Gasteiger partial charge is 0.358 e. The molecule has 3 aromatic rings. The van der Waals surface area contributed by atoms with Crippen molar-refractivity contribution < 1.29 is 14.6 Å². The number of aromatic nitrogens is 4. The van der Waals surface area contributed by atoms with Crippen LogP contribution in [0.15, 0.2) is 34.7 Å². The summed E-state index contributed by atoms with van der Waals surface area (Å²) in [5.41, 5.74) is 1.40. The average molecular weight is 304 g/mol. The first-order valence-electron chi connectivity index (χ1n) is 5.79. The van der Waals surface area contributed by atoms with E-state index in [1.54, 1.807) is 6.07 Å². The van der Waals surface area contributed by atoms with Crippen molar-refractivity contribution >= 4 is 22.3 Å². The molecule has 0 aromatic carbocycles. The number of hydrogen-bond donors (Lipinski definition) is 1. The van der Waals surface area contributed by atoms with Gasteiger partial charge in [0.25, 0.3) is 5.56 Å². The molecule has 3 rings (SSSR count). The predicted molar refractivity (Wildman–Crippen MR) is 72.7 cm³/mol. The van der Waals surface area contributed by atoms with Crippen molar-refractivity contribution in [1.29, 1.82) is 0 Å². The van der Waals surface area contributed by atoms with Gasteiger partial charge < -0.3 is 9.84 Å². The molecule has 0 unspecified atom stereocenters. The lowest BCUT2D eigenvalue weighted by Gasteiger charge is -2.07. The van der Waals surface area contributed by atoms with Crippen molar-refractivity contribution in [2.45, 2.75) is 6.61 Å². The average Bonchev–Trinajstić information content (AvgIpc) is 2.94. The molecule has 0 atom stereocenters. The summed E-state index contributed by atoms with van der Waals surface area (Å²) in [6.07, 6.45) is 1.37. The summed E-state index contributed by atoms with van der Waals surface area (Å²) < 4.78 is 6.58. The molecule has 0 fully saturated rings. The van der Waals surface area contributed by atoms with Crippen LogP contribution < -0.4 is 10.3 Å². The van der Waals surface area contributed by atoms with E-state index in [2.05, 4.69) is 15.1 Å². The molecular formula is C12H8N4O4S. The van der Waals surface area contributed by atoms with Crippen molar-refractivity contribution in [3.8, 4) is 5.75 Å². The number of ether oxygens (including phenoxy) is 1. The van der Waals surface area contributed by atoms with Gasteiger partial charge in [0.15, 0.2) is 11.4 Å². The minimum atomic E-state index is -1.18. The van der Waals surface area contributed by atoms with Gasteiger partial charge in [0.1, 0.15) is 12.1 Å². The molecule has 0 radical (unpaired) electrons. The molecule has 1 N–H and O–H groups in total. The summed E-state index contributed by atoms with van der Waals surface area (Å²) in [7, 11) is 0. The molecule has 0 aliphatic rings. The second-order valence-electron chi connectivity index (χ2n) is 3.96. The highest BCUT2D eigenvalue weighted by atomic mass is 32.1. The summed E-state index contributed by atoms with van der Waals surface area (Å²) in [5.74, 6) is -1.06. The number of carboxylic acids is 1. The van der Waals surface area contributed by atoms with Crippen LogP contribution in [0.4, 0.5) is 0 Å². The molecule has 0 saturated carbocycles. The summed E-state index contributed by atoms with van der Waals surface area (Å²) in [4.78, 5) is 31.2. The van der Waals surface area contributed by atoms with Crippen molar-refractivity contribution in [3.63, 3.8) is 0 Å². The zero-order valence-electron chi connectivity index (χ0n) is 10.5. The lowest BCUT2D eigenvalue weighted by atomic mass is 10.3. The van der Waals surface area contributed by atoms with E-state index in [-0.39, 0.29) is 23.6 Å². The Bertz CT molecular complexity index is 873. The molecule has 0 spiro atoms. The first-order valence-corrected chi connectivity index (χ1v) is 6.66. The Morgan fingerprint density at radius 1 is 1.48 bits per heavy atom. The maximum Gasteiger partial charge on any atom is 0.358 e. The Balaban J connectivity index is 1.87. The minimum Gasteiger partial charge on any atom is -0.485 e. The van der Waals surface area contributed by atoms with Crippen LogP contribution in [-0.4, -0.2) is 30.7 Å². The van der Waals surface area contributed by atoms with E-state index >= 15 is 0 Å². The zero-order chi connectivity index (χ0) is 14.8. The molecule has 8 nitrogen and oxygen atoms in total. The number of pyridine rings is 1. The lowest BCUT2D eigenvalue weighted by Crippen LogP contribution is -2.16. The maximum atomic E-state index is 11.8. The van der Waals surface area contributed by atoms with Crippen LogP contribution in [-0.2, 0) is 6.61 Å². The second-order valence-corrected chi connectivity index (χ2v) is 4.77. The number of fused-ring (bicyclic) bond motifs is 1. The van der Waals surface area contributed by atoms with Gasteiger partial charge in [-0.05, 0) is 12.1 Å². The Kier molecular flexibility index (Phi) is 3.32. The topological polar surface area (TPSA) is 107 Å². The molecule has 3 heterocycles. The summed E-state index contributed by atoms with van der Waals surface area (Å²) in [6, 6.07) is 4.36. The van der Waals surface area contributed by atoms with Gasteiger partial charge in [0.2, 0.25) is 4.96 Å². The third kappa shape index (κ3) is 2.58. The van der Waals surface area contributed by atoms with Crippen LogP contribution in [0.25, 0.3) is 4.96 Å². The molecule has 0 saturated heterocycles. The van der Waals surface area contributed by atoms with Crippen LogP contribution in [0.5, 0.6) is 5.75 Å². The minimum absolute atomic E-state index is 0.0321. The first kappa shape index (κ1) is 13.2. The third-order valence-electron chi connectivity index (χ3n) is 2.59. The van der Waals surface area contributed by atoms with Gasteiger partial charge >= 0.3 is 5.97 Å². The molecule has 0 aliphatic heterocycles. The Hall–Kier alpha value is -2.81. The fraction of sp³-hybridized carbons (Fsp3) is 0.0833. The molecule has 0 aliphatic carbocycles. The number of carbonyl (C=O) groups is 1. The third-order valence-corrected chi connectivity index (χ3v) is 3.26. The second kappa shape index (κ2) is 5.29. The van der Waals surface area contributed by atoms with E-state index in [1.165, 1.54) is 39.7 Å². The van der Waals surface area contributed by atoms with Gasteiger partial charge in [-0.2, -0.15) is 9.61 Å². The van der Waals surface area contributed by atoms with Crippen molar-refractivity contribution in [1.82, 2.24) is 19.6 Å². The van der Waals surface area contributed by atoms with E-state index in [9.17, 15) is 9.59 Å². The van der Waals surface area contributed by atoms with Gasteiger partial charge in [0, 0.05) is 12.3 Å². The molecule has 21 heavy (non-hydrogen) atoms. The first-order chi connectivity index (χ1) is 10.1. The van der Waals surface area contributed by atoms with E-state index in [0.29, 0.717) is 10.7 Å². The lowest BCUT2D eigenvalue weighted by molar-refractivity contribution is 0.0684. The predicted octanol–water partition coefficient (Wildman–Crippen LogP) is 0.823. The SMILES string of the molecule is O=C(O)c1ncccc1OCc1cc(=O)n2ncsc2n1. The molecular weight excluding hydrogens is 296 g/mol. The molecule has 0 bridgehead atoms. The number of hydrogen-bond acceptors (Lipinski definition) is 7. The van der Waals surface area contributed by atoms with Crippen LogP contribution >= 0.6 is 11.3 Å². The van der Waals surface area contributed by atoms with E-state index in [0.717, 1.165) is 0 Å². The van der Waals surface area contributed by atoms with Gasteiger partial charge in [-0.3, -0.25) is 4.79 Å². The fourth-order valence-electron chi connectivity index (χ4n) is 1.69. The van der Waals surface area contributed by atoms with Gasteiger partial charge in [-0.1, -0.05) is 11.3 Å². The highest BCUT2D eigenvalue weighted by molar-refractivity contribution is 7.14. The fourth-order valence-corrected chi connectivity index (χ4v) is 2.34. The molecule has 3 aromatic heterocycles. The Labute approximate surface area is 121 Å². The number of nitrogens with zero attached hydrogens (tertiary/aromatic N) is 4. The maximum absolute atomic E-state index is 11.8. The molecule has 9 heteroatoms. The van der Waals surface area contributed by atoms with E-state index in [4.69, 9.17) is 9.84 Å². The van der Waals surface area contributed by atoms with Gasteiger partial charge in [0.05, 0.1) is 5.69 Å². The monoisotopic (exact) mass is 304 g/mol. The number of aromatic carboxylic acids is 1. The van der Waals surface area contributed by atoms with Gasteiger partial charge in [-0.15, -0.1) is 0 Å². The van der Waals surface area contributed by atoms with Crippen molar-refractivity contribution in [2.75, 3.05) is 0 Å². The Morgan fingerprint density at radius 3 is 3.14 bits per heavy atom. The van der Waals surface area contributed by atoms with Crippen molar-refractivity contribution in [2.24, 2.45) is 0 Å². The van der Waals surface area contributed by atoms with Crippen LogP contribution in [0.3, 0.4) is 0 Å². The summed E-state index contributed by atoms with van der Waals surface area (Å²) >= 11 is 1.22. The quantitative estimate of drug-likeness (QED) is 0.760. The summed E-state index contributed by atoms with van der Waals surface area (Å²) in [6.45, 7) is -0.0321. The largest absolute Gasteiger partial charge is 0.485 e. The highest BCUT2D eigenvalue weighted by Crippen LogP contribution is 2.16. The zero-order valence-corrected chi connectivity index (χ0v) is 11.3. The van der Waals surface area contributed by atoms with Crippen LogP contribution in [0.1, 0.15) is 16.2 Å². The number of rotatable bonds is 4. The summed E-state index contributed by atoms with van der Waals surface area (Å²) in [5, 5.41) is 12.8. The molecule has 0 amide bonds. The van der Waals surface area contributed by atoms with Crippen LogP contribution in [0, 0.1) is 0 Å². The van der Waals surface area contributed by atoms with Crippen LogP contribution in [0.2, 0.25) is 0 Å². The number of carboxylic acid groups (broad SMARTS) is 1. The Morgan fingerprint density at radius 2 is 2.33 bits per heavy atom.